The Morgan fingerprint density at radius 2 is 2.18 bits per heavy atom. The van der Waals surface area contributed by atoms with E-state index in [-0.39, 0.29) is 0 Å². The molecule has 0 aliphatic rings. The van der Waals surface area contributed by atoms with Gasteiger partial charge in [-0.1, -0.05) is 23.2 Å². The van der Waals surface area contributed by atoms with Gasteiger partial charge in [0.25, 0.3) is 0 Å². The maximum Gasteiger partial charge on any atom is 0.146 e. The van der Waals surface area contributed by atoms with Crippen molar-refractivity contribution < 1.29 is 0 Å². The van der Waals surface area contributed by atoms with Crippen molar-refractivity contribution in [3.8, 4) is 0 Å². The lowest BCUT2D eigenvalue weighted by Gasteiger charge is -2.08. The summed E-state index contributed by atoms with van der Waals surface area (Å²) in [5.41, 5.74) is 0.835. The number of hydrogen-bond donors (Lipinski definition) is 1. The van der Waals surface area contributed by atoms with Gasteiger partial charge >= 0.3 is 0 Å². The van der Waals surface area contributed by atoms with Gasteiger partial charge in [0, 0.05) is 11.6 Å². The third-order valence-corrected chi connectivity index (χ3v) is 2.91. The minimum Gasteiger partial charge on any atom is -0.377 e. The zero-order valence-electron chi connectivity index (χ0n) is 9.32. The highest BCUT2D eigenvalue weighted by molar-refractivity contribution is 6.36. The molecule has 0 aliphatic heterocycles. The van der Waals surface area contributed by atoms with Crippen LogP contribution in [0.1, 0.15) is 12.7 Å². The van der Waals surface area contributed by atoms with Crippen molar-refractivity contribution in [2.75, 3.05) is 5.32 Å². The lowest BCUT2D eigenvalue weighted by molar-refractivity contribution is 0.622. The van der Waals surface area contributed by atoms with Crippen molar-refractivity contribution in [2.45, 2.75) is 20.0 Å². The van der Waals surface area contributed by atoms with E-state index in [0.29, 0.717) is 16.6 Å². The summed E-state index contributed by atoms with van der Waals surface area (Å²) in [6.45, 7) is 3.40. The highest BCUT2D eigenvalue weighted by Gasteiger charge is 2.04. The lowest BCUT2D eigenvalue weighted by atomic mass is 10.3. The average molecular weight is 271 g/mol. The van der Waals surface area contributed by atoms with Gasteiger partial charge in [-0.25, -0.2) is 9.67 Å². The molecule has 90 valence electrons. The van der Waals surface area contributed by atoms with Crippen LogP contribution in [0.2, 0.25) is 10.0 Å². The number of aryl methyl sites for hydroxylation is 1. The molecule has 1 heterocycles. The van der Waals surface area contributed by atoms with Crippen molar-refractivity contribution in [1.29, 1.82) is 0 Å². The van der Waals surface area contributed by atoms with Crippen LogP contribution in [0.4, 0.5) is 5.69 Å². The molecule has 4 nitrogen and oxygen atoms in total. The topological polar surface area (TPSA) is 42.7 Å². The standard InChI is InChI=1S/C11H12Cl2N4/c1-2-17-11(15-7-16-17)6-14-10-4-3-8(12)5-9(10)13/h3-5,7,14H,2,6H2,1H3. The van der Waals surface area contributed by atoms with Crippen LogP contribution < -0.4 is 5.32 Å². The van der Waals surface area contributed by atoms with E-state index in [1.807, 2.05) is 17.7 Å². The second-order valence-corrected chi connectivity index (χ2v) is 4.31. The molecule has 0 saturated heterocycles. The molecule has 0 saturated carbocycles. The van der Waals surface area contributed by atoms with Crippen LogP contribution in [0, 0.1) is 0 Å². The van der Waals surface area contributed by atoms with E-state index in [0.717, 1.165) is 18.1 Å². The second-order valence-electron chi connectivity index (χ2n) is 3.47. The van der Waals surface area contributed by atoms with Crippen molar-refractivity contribution >= 4 is 28.9 Å². The summed E-state index contributed by atoms with van der Waals surface area (Å²) in [5, 5.41) is 8.52. The fourth-order valence-electron chi connectivity index (χ4n) is 1.50. The van der Waals surface area contributed by atoms with Crippen LogP contribution in [0.3, 0.4) is 0 Å². The Labute approximate surface area is 110 Å². The number of nitrogens with one attached hydrogen (secondary N) is 1. The Balaban J connectivity index is 2.07. The van der Waals surface area contributed by atoms with E-state index in [1.165, 1.54) is 0 Å². The Morgan fingerprint density at radius 3 is 2.88 bits per heavy atom. The average Bonchev–Trinajstić information content (AvgIpc) is 2.75. The monoisotopic (exact) mass is 270 g/mol. The van der Waals surface area contributed by atoms with Crippen LogP contribution >= 0.6 is 23.2 Å². The van der Waals surface area contributed by atoms with E-state index < -0.39 is 0 Å². The highest BCUT2D eigenvalue weighted by Crippen LogP contribution is 2.25. The number of rotatable bonds is 4. The summed E-state index contributed by atoms with van der Waals surface area (Å²) in [5.74, 6) is 0.874. The Kier molecular flexibility index (Phi) is 3.86. The van der Waals surface area contributed by atoms with Gasteiger partial charge in [0.15, 0.2) is 0 Å². The van der Waals surface area contributed by atoms with Crippen LogP contribution in [0.25, 0.3) is 0 Å². The van der Waals surface area contributed by atoms with Crippen molar-refractivity contribution in [1.82, 2.24) is 14.8 Å². The fraction of sp³-hybridized carbons (Fsp3) is 0.273. The summed E-state index contributed by atoms with van der Waals surface area (Å²) >= 11 is 11.9. The van der Waals surface area contributed by atoms with Gasteiger partial charge in [-0.2, -0.15) is 5.10 Å². The van der Waals surface area contributed by atoms with E-state index in [2.05, 4.69) is 15.4 Å². The molecule has 1 N–H and O–H groups in total. The number of nitrogens with zero attached hydrogens (tertiary/aromatic N) is 3. The maximum absolute atomic E-state index is 6.05. The first kappa shape index (κ1) is 12.2. The second kappa shape index (κ2) is 5.38. The molecule has 0 spiro atoms. The van der Waals surface area contributed by atoms with Crippen LogP contribution in [-0.2, 0) is 13.1 Å². The van der Waals surface area contributed by atoms with Crippen molar-refractivity contribution in [2.24, 2.45) is 0 Å². The quantitative estimate of drug-likeness (QED) is 0.928. The molecule has 1 aromatic heterocycles. The van der Waals surface area contributed by atoms with Gasteiger partial charge in [0.1, 0.15) is 12.2 Å². The number of benzene rings is 1. The Morgan fingerprint density at radius 1 is 1.35 bits per heavy atom. The number of aromatic nitrogens is 3. The van der Waals surface area contributed by atoms with Gasteiger partial charge in [0.05, 0.1) is 17.3 Å². The Bertz CT molecular complexity index is 510. The van der Waals surface area contributed by atoms with Gasteiger partial charge in [0.2, 0.25) is 0 Å². The largest absolute Gasteiger partial charge is 0.377 e. The molecule has 0 radical (unpaired) electrons. The molecule has 0 aliphatic carbocycles. The highest BCUT2D eigenvalue weighted by atomic mass is 35.5. The van der Waals surface area contributed by atoms with E-state index in [1.54, 1.807) is 18.5 Å². The molecule has 0 fully saturated rings. The predicted molar refractivity (Wildman–Crippen MR) is 69.5 cm³/mol. The van der Waals surface area contributed by atoms with Gasteiger partial charge in [-0.3, -0.25) is 0 Å². The third-order valence-electron chi connectivity index (χ3n) is 2.36. The maximum atomic E-state index is 6.05. The summed E-state index contributed by atoms with van der Waals surface area (Å²) in [6.07, 6.45) is 1.55. The smallest absolute Gasteiger partial charge is 0.146 e. The van der Waals surface area contributed by atoms with E-state index in [4.69, 9.17) is 23.2 Å². The number of halogens is 2. The van der Waals surface area contributed by atoms with E-state index in [9.17, 15) is 0 Å². The first-order valence-corrected chi connectivity index (χ1v) is 6.02. The molecule has 0 bridgehead atoms. The lowest BCUT2D eigenvalue weighted by Crippen LogP contribution is -2.09. The SMILES string of the molecule is CCn1ncnc1CNc1ccc(Cl)cc1Cl. The molecule has 1 aromatic carbocycles. The van der Waals surface area contributed by atoms with Crippen LogP contribution in [0.15, 0.2) is 24.5 Å². The number of hydrogen-bond acceptors (Lipinski definition) is 3. The van der Waals surface area contributed by atoms with Gasteiger partial charge in [-0.15, -0.1) is 0 Å². The molecule has 2 rings (SSSR count). The van der Waals surface area contributed by atoms with Crippen molar-refractivity contribution in [3.63, 3.8) is 0 Å². The summed E-state index contributed by atoms with van der Waals surface area (Å²) < 4.78 is 1.83. The van der Waals surface area contributed by atoms with Crippen molar-refractivity contribution in [3.05, 3.63) is 40.4 Å². The molecule has 2 aromatic rings. The molecule has 17 heavy (non-hydrogen) atoms. The zero-order chi connectivity index (χ0) is 12.3. The molecular weight excluding hydrogens is 259 g/mol. The summed E-state index contributed by atoms with van der Waals surface area (Å²) in [4.78, 5) is 4.17. The van der Waals surface area contributed by atoms with Gasteiger partial charge in [-0.05, 0) is 25.1 Å². The minimum absolute atomic E-state index is 0.579. The number of anilines is 1. The first-order chi connectivity index (χ1) is 8.20. The zero-order valence-corrected chi connectivity index (χ0v) is 10.8. The van der Waals surface area contributed by atoms with Crippen LogP contribution in [0.5, 0.6) is 0 Å². The Hall–Kier alpha value is -1.26. The molecule has 0 unspecified atom stereocenters. The summed E-state index contributed by atoms with van der Waals surface area (Å²) in [7, 11) is 0. The third kappa shape index (κ3) is 2.90. The van der Waals surface area contributed by atoms with Gasteiger partial charge < -0.3 is 5.32 Å². The normalized spacial score (nSPS) is 10.5. The predicted octanol–water partition coefficient (Wildman–Crippen LogP) is 3.22. The molecule has 0 amide bonds. The van der Waals surface area contributed by atoms with Crippen LogP contribution in [-0.4, -0.2) is 14.8 Å². The molecule has 0 atom stereocenters. The minimum atomic E-state index is 0.579. The molecule has 6 heteroatoms. The summed E-state index contributed by atoms with van der Waals surface area (Å²) in [6, 6.07) is 5.34. The molecular formula is C11H12Cl2N4. The van der Waals surface area contributed by atoms with E-state index >= 15 is 0 Å². The first-order valence-electron chi connectivity index (χ1n) is 5.26. The fourth-order valence-corrected chi connectivity index (χ4v) is 1.97.